The molecule has 2 aromatic rings. The van der Waals surface area contributed by atoms with E-state index in [9.17, 15) is 14.4 Å². The Labute approximate surface area is 123 Å². The van der Waals surface area contributed by atoms with Gasteiger partial charge in [0.05, 0.1) is 13.0 Å². The van der Waals surface area contributed by atoms with Crippen LogP contribution in [0.3, 0.4) is 0 Å². The summed E-state index contributed by atoms with van der Waals surface area (Å²) < 4.78 is 0. The van der Waals surface area contributed by atoms with Crippen LogP contribution in [-0.4, -0.2) is 32.8 Å². The van der Waals surface area contributed by atoms with E-state index < -0.39 is 5.97 Å². The number of amides is 2. The van der Waals surface area contributed by atoms with Gasteiger partial charge in [0.1, 0.15) is 5.01 Å². The Bertz CT molecular complexity index is 753. The predicted octanol–water partition coefficient (Wildman–Crippen LogP) is 1.57. The molecule has 0 bridgehead atoms. The zero-order valence-corrected chi connectivity index (χ0v) is 11.6. The molecule has 0 saturated carbocycles. The maximum Gasteiger partial charge on any atom is 0.355 e. The van der Waals surface area contributed by atoms with E-state index in [1.807, 2.05) is 0 Å². The molecule has 0 atom stereocenters. The Balaban J connectivity index is 1.87. The zero-order valence-electron chi connectivity index (χ0n) is 10.8. The van der Waals surface area contributed by atoms with Crippen LogP contribution in [0.15, 0.2) is 29.6 Å². The van der Waals surface area contributed by atoms with Crippen LogP contribution in [0.5, 0.6) is 0 Å². The zero-order chi connectivity index (χ0) is 15.0. The average Bonchev–Trinajstić information content (AvgIpc) is 2.92. The van der Waals surface area contributed by atoms with Crippen LogP contribution in [-0.2, 0) is 17.8 Å². The van der Waals surface area contributed by atoms with E-state index in [1.54, 1.807) is 24.3 Å². The van der Waals surface area contributed by atoms with E-state index in [0.717, 1.165) is 16.2 Å². The lowest BCUT2D eigenvalue weighted by Crippen LogP contribution is -2.41. The molecule has 1 N–H and O–H groups in total. The Kier molecular flexibility index (Phi) is 3.26. The van der Waals surface area contributed by atoms with Gasteiger partial charge in [-0.2, -0.15) is 0 Å². The Morgan fingerprint density at radius 1 is 1.33 bits per heavy atom. The first-order chi connectivity index (χ1) is 10.1. The fraction of sp³-hybridized carbons (Fsp3) is 0.143. The molecule has 106 valence electrons. The summed E-state index contributed by atoms with van der Waals surface area (Å²) >= 11 is 1.12. The van der Waals surface area contributed by atoms with E-state index in [0.29, 0.717) is 16.1 Å². The summed E-state index contributed by atoms with van der Waals surface area (Å²) in [4.78, 5) is 40.2. The predicted molar refractivity (Wildman–Crippen MR) is 74.1 cm³/mol. The number of nitrogens with zero attached hydrogens (tertiary/aromatic N) is 2. The third-order valence-electron chi connectivity index (χ3n) is 3.20. The summed E-state index contributed by atoms with van der Waals surface area (Å²) in [6.45, 7) is 0.00392. The van der Waals surface area contributed by atoms with Crippen molar-refractivity contribution in [1.29, 1.82) is 0 Å². The van der Waals surface area contributed by atoms with Gasteiger partial charge in [-0.3, -0.25) is 14.5 Å². The smallest absolute Gasteiger partial charge is 0.355 e. The molecule has 21 heavy (non-hydrogen) atoms. The van der Waals surface area contributed by atoms with Gasteiger partial charge in [0.2, 0.25) is 5.91 Å². The number of carbonyl (C=O) groups is 3. The minimum Gasteiger partial charge on any atom is -0.476 e. The van der Waals surface area contributed by atoms with Gasteiger partial charge in [-0.1, -0.05) is 18.2 Å². The Hall–Kier alpha value is -2.54. The second-order valence-corrected chi connectivity index (χ2v) is 5.49. The highest BCUT2D eigenvalue weighted by Gasteiger charge is 2.31. The summed E-state index contributed by atoms with van der Waals surface area (Å²) in [5, 5.41) is 10.7. The lowest BCUT2D eigenvalue weighted by atomic mass is 9.99. The maximum absolute atomic E-state index is 12.3. The number of carboxylic acid groups (broad SMARTS) is 1. The van der Waals surface area contributed by atoms with E-state index in [1.165, 1.54) is 5.38 Å². The van der Waals surface area contributed by atoms with Crippen molar-refractivity contribution < 1.29 is 19.5 Å². The number of carboxylic acids is 1. The Morgan fingerprint density at radius 3 is 2.81 bits per heavy atom. The maximum atomic E-state index is 12.3. The fourth-order valence-corrected chi connectivity index (χ4v) is 2.93. The largest absolute Gasteiger partial charge is 0.476 e. The Morgan fingerprint density at radius 2 is 2.10 bits per heavy atom. The molecule has 2 heterocycles. The van der Waals surface area contributed by atoms with Crippen molar-refractivity contribution >= 4 is 29.1 Å². The van der Waals surface area contributed by atoms with Crippen LogP contribution in [0.2, 0.25) is 0 Å². The van der Waals surface area contributed by atoms with E-state index in [-0.39, 0.29) is 30.5 Å². The van der Waals surface area contributed by atoms with Crippen LogP contribution in [0.4, 0.5) is 0 Å². The topological polar surface area (TPSA) is 87.6 Å². The lowest BCUT2D eigenvalue weighted by Gasteiger charge is -2.25. The number of fused-ring (bicyclic) bond motifs is 1. The van der Waals surface area contributed by atoms with E-state index in [4.69, 9.17) is 5.11 Å². The van der Waals surface area contributed by atoms with Crippen molar-refractivity contribution in [2.45, 2.75) is 13.0 Å². The van der Waals surface area contributed by atoms with Crippen molar-refractivity contribution in [3.63, 3.8) is 0 Å². The molecular weight excluding hydrogens is 292 g/mol. The molecule has 1 aliphatic heterocycles. The summed E-state index contributed by atoms with van der Waals surface area (Å²) in [7, 11) is 0. The van der Waals surface area contributed by atoms with Gasteiger partial charge in [-0.15, -0.1) is 11.3 Å². The number of rotatable bonds is 3. The summed E-state index contributed by atoms with van der Waals surface area (Å²) in [6, 6.07) is 6.97. The van der Waals surface area contributed by atoms with Gasteiger partial charge in [0, 0.05) is 10.9 Å². The highest BCUT2D eigenvalue weighted by Crippen LogP contribution is 2.22. The molecule has 0 unspecified atom stereocenters. The molecule has 6 nitrogen and oxygen atoms in total. The van der Waals surface area contributed by atoms with Crippen molar-refractivity contribution in [3.8, 4) is 0 Å². The van der Waals surface area contributed by atoms with Crippen molar-refractivity contribution in [2.75, 3.05) is 0 Å². The first kappa shape index (κ1) is 13.4. The minimum atomic E-state index is -1.13. The molecular formula is C14H10N2O4S. The van der Waals surface area contributed by atoms with Gasteiger partial charge >= 0.3 is 5.97 Å². The summed E-state index contributed by atoms with van der Waals surface area (Å²) in [5.74, 6) is -1.79. The van der Waals surface area contributed by atoms with Gasteiger partial charge in [-0.25, -0.2) is 9.78 Å². The van der Waals surface area contributed by atoms with Gasteiger partial charge in [0.25, 0.3) is 5.91 Å². The third-order valence-corrected chi connectivity index (χ3v) is 4.03. The lowest BCUT2D eigenvalue weighted by molar-refractivity contribution is -0.128. The van der Waals surface area contributed by atoms with E-state index in [2.05, 4.69) is 4.98 Å². The van der Waals surface area contributed by atoms with Gasteiger partial charge in [-0.05, 0) is 11.6 Å². The quantitative estimate of drug-likeness (QED) is 0.869. The van der Waals surface area contributed by atoms with Crippen LogP contribution >= 0.6 is 11.3 Å². The molecule has 3 rings (SSSR count). The first-order valence-electron chi connectivity index (χ1n) is 6.16. The second kappa shape index (κ2) is 5.10. The van der Waals surface area contributed by atoms with Crippen LogP contribution < -0.4 is 0 Å². The van der Waals surface area contributed by atoms with Crippen LogP contribution in [0.1, 0.15) is 31.4 Å². The van der Waals surface area contributed by atoms with Crippen molar-refractivity contribution in [1.82, 2.24) is 9.88 Å². The monoisotopic (exact) mass is 302 g/mol. The molecule has 0 aliphatic carbocycles. The summed E-state index contributed by atoms with van der Waals surface area (Å²) in [6.07, 6.45) is 0.166. The number of carbonyl (C=O) groups excluding carboxylic acids is 2. The standard InChI is InChI=1S/C14H10N2O4S/c17-12-5-8-3-1-2-4-9(8)13(18)16(12)6-11-15-10(7-21-11)14(19)20/h1-4,7H,5-6H2,(H,19,20). The third kappa shape index (κ3) is 2.43. The second-order valence-electron chi connectivity index (χ2n) is 4.55. The number of hydrogen-bond acceptors (Lipinski definition) is 5. The number of thiazole rings is 1. The first-order valence-corrected chi connectivity index (χ1v) is 7.04. The molecule has 1 aromatic heterocycles. The normalized spacial score (nSPS) is 14.2. The number of benzene rings is 1. The highest BCUT2D eigenvalue weighted by atomic mass is 32.1. The van der Waals surface area contributed by atoms with Crippen LogP contribution in [0.25, 0.3) is 0 Å². The number of hydrogen-bond donors (Lipinski definition) is 1. The highest BCUT2D eigenvalue weighted by molar-refractivity contribution is 7.09. The van der Waals surface area contributed by atoms with Crippen molar-refractivity contribution in [3.05, 3.63) is 51.5 Å². The van der Waals surface area contributed by atoms with Gasteiger partial charge in [0.15, 0.2) is 5.69 Å². The molecule has 0 radical (unpaired) electrons. The molecule has 1 aliphatic rings. The average molecular weight is 302 g/mol. The molecule has 7 heteroatoms. The molecule has 0 fully saturated rings. The van der Waals surface area contributed by atoms with Crippen molar-refractivity contribution in [2.24, 2.45) is 0 Å². The van der Waals surface area contributed by atoms with Gasteiger partial charge < -0.3 is 5.11 Å². The number of aromatic nitrogens is 1. The molecule has 0 spiro atoms. The summed E-state index contributed by atoms with van der Waals surface area (Å²) in [5.41, 5.74) is 1.15. The number of aromatic carboxylic acids is 1. The molecule has 2 amide bonds. The molecule has 0 saturated heterocycles. The minimum absolute atomic E-state index is 0.00392. The molecule has 1 aromatic carbocycles. The SMILES string of the molecule is O=C(O)c1csc(CN2C(=O)Cc3ccccc3C2=O)n1. The van der Waals surface area contributed by atoms with Crippen LogP contribution in [0, 0.1) is 0 Å². The number of imide groups is 1. The van der Waals surface area contributed by atoms with E-state index >= 15 is 0 Å². The fourth-order valence-electron chi connectivity index (χ4n) is 2.18.